The van der Waals surface area contributed by atoms with E-state index in [1.54, 1.807) is 0 Å². The Balaban J connectivity index is 2.57. The van der Waals surface area contributed by atoms with Gasteiger partial charge in [0.1, 0.15) is 5.78 Å². The molecule has 0 aromatic carbocycles. The van der Waals surface area contributed by atoms with E-state index in [-0.39, 0.29) is 0 Å². The number of Topliss-reactive ketones (excluding diaryl/α,β-unsaturated/α-hetero) is 1. The Bertz CT molecular complexity index is 154. The van der Waals surface area contributed by atoms with Crippen LogP contribution in [0.3, 0.4) is 0 Å². The predicted molar refractivity (Wildman–Crippen MR) is 45.5 cm³/mol. The number of carbonyl (C=O) groups is 1. The molecular formula is C9H17NO. The van der Waals surface area contributed by atoms with Crippen LogP contribution >= 0.6 is 0 Å². The Hall–Kier alpha value is -0.370. The molecule has 0 spiro atoms. The standard InChI is InChI=1S/C9H17NO/c1-4-10-6-8(11)5-9(10)7(2)3/h7,9H,4-6H2,1-3H3/t9-/m0/s1. The second kappa shape index (κ2) is 3.35. The van der Waals surface area contributed by atoms with Crippen molar-refractivity contribution in [2.24, 2.45) is 5.92 Å². The Kier molecular flexibility index (Phi) is 2.66. The summed E-state index contributed by atoms with van der Waals surface area (Å²) in [7, 11) is 0. The van der Waals surface area contributed by atoms with Gasteiger partial charge in [-0.15, -0.1) is 0 Å². The van der Waals surface area contributed by atoms with Crippen molar-refractivity contribution in [1.29, 1.82) is 0 Å². The average Bonchev–Trinajstić information content (AvgIpc) is 2.30. The number of carbonyl (C=O) groups excluding carboxylic acids is 1. The molecule has 1 rings (SSSR count). The summed E-state index contributed by atoms with van der Waals surface area (Å²) in [6.07, 6.45) is 0.769. The van der Waals surface area contributed by atoms with Crippen molar-refractivity contribution < 1.29 is 4.79 Å². The number of nitrogens with zero attached hydrogens (tertiary/aromatic N) is 1. The molecule has 64 valence electrons. The van der Waals surface area contributed by atoms with E-state index in [0.717, 1.165) is 13.0 Å². The topological polar surface area (TPSA) is 20.3 Å². The van der Waals surface area contributed by atoms with E-state index in [9.17, 15) is 4.79 Å². The molecule has 0 aliphatic carbocycles. The van der Waals surface area contributed by atoms with E-state index in [1.165, 1.54) is 0 Å². The van der Waals surface area contributed by atoms with Crippen LogP contribution in [0.1, 0.15) is 27.2 Å². The maximum Gasteiger partial charge on any atom is 0.148 e. The van der Waals surface area contributed by atoms with Crippen LogP contribution in [0.5, 0.6) is 0 Å². The molecule has 0 unspecified atom stereocenters. The zero-order valence-electron chi connectivity index (χ0n) is 7.63. The molecular weight excluding hydrogens is 138 g/mol. The van der Waals surface area contributed by atoms with Crippen molar-refractivity contribution in [3.63, 3.8) is 0 Å². The third-order valence-electron chi connectivity index (χ3n) is 2.46. The lowest BCUT2D eigenvalue weighted by Gasteiger charge is -2.24. The lowest BCUT2D eigenvalue weighted by Crippen LogP contribution is -2.33. The summed E-state index contributed by atoms with van der Waals surface area (Å²) >= 11 is 0. The van der Waals surface area contributed by atoms with Crippen molar-refractivity contribution in [3.05, 3.63) is 0 Å². The summed E-state index contributed by atoms with van der Waals surface area (Å²) in [5.74, 6) is 1.02. The monoisotopic (exact) mass is 155 g/mol. The zero-order chi connectivity index (χ0) is 8.43. The van der Waals surface area contributed by atoms with Gasteiger partial charge in [0.25, 0.3) is 0 Å². The largest absolute Gasteiger partial charge is 0.298 e. The molecule has 1 atom stereocenters. The summed E-state index contributed by atoms with van der Waals surface area (Å²) in [6.45, 7) is 8.18. The first-order valence-corrected chi connectivity index (χ1v) is 4.41. The maximum atomic E-state index is 11.1. The van der Waals surface area contributed by atoms with E-state index in [0.29, 0.717) is 24.3 Å². The van der Waals surface area contributed by atoms with E-state index >= 15 is 0 Å². The van der Waals surface area contributed by atoms with Gasteiger partial charge in [0.15, 0.2) is 0 Å². The first-order chi connectivity index (χ1) is 5.15. The van der Waals surface area contributed by atoms with Crippen LogP contribution in [-0.2, 0) is 4.79 Å². The molecule has 1 heterocycles. The summed E-state index contributed by atoms with van der Waals surface area (Å²) in [5, 5.41) is 0. The van der Waals surface area contributed by atoms with Crippen molar-refractivity contribution in [3.8, 4) is 0 Å². The Morgan fingerprint density at radius 2 is 2.27 bits per heavy atom. The van der Waals surface area contributed by atoms with Crippen molar-refractivity contribution in [1.82, 2.24) is 4.90 Å². The van der Waals surface area contributed by atoms with Gasteiger partial charge in [-0.25, -0.2) is 0 Å². The number of ketones is 1. The quantitative estimate of drug-likeness (QED) is 0.599. The average molecular weight is 155 g/mol. The minimum absolute atomic E-state index is 0.408. The Labute approximate surface area is 68.6 Å². The second-order valence-corrected chi connectivity index (χ2v) is 3.62. The fourth-order valence-electron chi connectivity index (χ4n) is 1.77. The van der Waals surface area contributed by atoms with Gasteiger partial charge in [-0.2, -0.15) is 0 Å². The minimum Gasteiger partial charge on any atom is -0.298 e. The van der Waals surface area contributed by atoms with E-state index in [4.69, 9.17) is 0 Å². The van der Waals surface area contributed by atoms with Gasteiger partial charge in [0, 0.05) is 12.5 Å². The molecule has 11 heavy (non-hydrogen) atoms. The third-order valence-corrected chi connectivity index (χ3v) is 2.46. The summed E-state index contributed by atoms with van der Waals surface area (Å²) in [6, 6.07) is 0.507. The van der Waals surface area contributed by atoms with Gasteiger partial charge in [0.2, 0.25) is 0 Å². The van der Waals surface area contributed by atoms with Gasteiger partial charge >= 0.3 is 0 Å². The molecule has 0 aromatic heterocycles. The Morgan fingerprint density at radius 1 is 1.64 bits per heavy atom. The fraction of sp³-hybridized carbons (Fsp3) is 0.889. The first-order valence-electron chi connectivity index (χ1n) is 4.41. The minimum atomic E-state index is 0.408. The van der Waals surface area contributed by atoms with Crippen LogP contribution in [-0.4, -0.2) is 29.8 Å². The molecule has 0 saturated carbocycles. The number of likely N-dealkylation sites (N-methyl/N-ethyl adjacent to an activating group) is 1. The van der Waals surface area contributed by atoms with Crippen LogP contribution in [0.15, 0.2) is 0 Å². The molecule has 0 aromatic rings. The molecule has 1 aliphatic rings. The van der Waals surface area contributed by atoms with Gasteiger partial charge in [-0.05, 0) is 12.5 Å². The molecule has 0 N–H and O–H groups in total. The molecule has 2 nitrogen and oxygen atoms in total. The van der Waals surface area contributed by atoms with Crippen LogP contribution in [0, 0.1) is 5.92 Å². The third kappa shape index (κ3) is 1.80. The summed E-state index contributed by atoms with van der Waals surface area (Å²) in [5.41, 5.74) is 0. The van der Waals surface area contributed by atoms with Crippen LogP contribution in [0.4, 0.5) is 0 Å². The van der Waals surface area contributed by atoms with Gasteiger partial charge in [-0.1, -0.05) is 20.8 Å². The number of hydrogen-bond acceptors (Lipinski definition) is 2. The molecule has 0 bridgehead atoms. The highest BCUT2D eigenvalue weighted by Crippen LogP contribution is 2.20. The van der Waals surface area contributed by atoms with Crippen LogP contribution in [0.25, 0.3) is 0 Å². The van der Waals surface area contributed by atoms with Gasteiger partial charge in [-0.3, -0.25) is 9.69 Å². The highest BCUT2D eigenvalue weighted by Gasteiger charge is 2.30. The van der Waals surface area contributed by atoms with Gasteiger partial charge < -0.3 is 0 Å². The fourth-order valence-corrected chi connectivity index (χ4v) is 1.77. The van der Waals surface area contributed by atoms with Gasteiger partial charge in [0.05, 0.1) is 6.54 Å². The van der Waals surface area contributed by atoms with Crippen molar-refractivity contribution in [2.45, 2.75) is 33.2 Å². The SMILES string of the molecule is CCN1CC(=O)C[C@H]1C(C)C. The molecule has 1 saturated heterocycles. The molecule has 0 radical (unpaired) electrons. The zero-order valence-corrected chi connectivity index (χ0v) is 7.63. The molecule has 1 fully saturated rings. The highest BCUT2D eigenvalue weighted by atomic mass is 16.1. The number of likely N-dealkylation sites (tertiary alicyclic amines) is 1. The number of hydrogen-bond donors (Lipinski definition) is 0. The van der Waals surface area contributed by atoms with Crippen molar-refractivity contribution in [2.75, 3.05) is 13.1 Å². The van der Waals surface area contributed by atoms with Crippen LogP contribution in [0.2, 0.25) is 0 Å². The summed E-state index contributed by atoms with van der Waals surface area (Å²) < 4.78 is 0. The van der Waals surface area contributed by atoms with E-state index < -0.39 is 0 Å². The molecule has 2 heteroatoms. The lowest BCUT2D eigenvalue weighted by molar-refractivity contribution is -0.116. The first kappa shape index (κ1) is 8.72. The molecule has 1 aliphatic heterocycles. The second-order valence-electron chi connectivity index (χ2n) is 3.62. The lowest BCUT2D eigenvalue weighted by atomic mass is 10.0. The predicted octanol–water partition coefficient (Wildman–Crippen LogP) is 1.31. The normalized spacial score (nSPS) is 26.9. The molecule has 0 amide bonds. The smallest absolute Gasteiger partial charge is 0.148 e. The van der Waals surface area contributed by atoms with E-state index in [1.807, 2.05) is 0 Å². The summed E-state index contributed by atoms with van der Waals surface area (Å²) in [4.78, 5) is 13.4. The van der Waals surface area contributed by atoms with E-state index in [2.05, 4.69) is 25.7 Å². The highest BCUT2D eigenvalue weighted by molar-refractivity contribution is 5.83. The van der Waals surface area contributed by atoms with Crippen molar-refractivity contribution >= 4 is 5.78 Å². The Morgan fingerprint density at radius 3 is 2.64 bits per heavy atom. The maximum absolute atomic E-state index is 11.1. The van der Waals surface area contributed by atoms with Crippen LogP contribution < -0.4 is 0 Å². The number of rotatable bonds is 2.